The molecule has 1 N–H and O–H groups in total. The van der Waals surface area contributed by atoms with Gasteiger partial charge in [-0.2, -0.15) is 0 Å². The molecule has 0 bridgehead atoms. The van der Waals surface area contributed by atoms with Crippen molar-refractivity contribution in [3.63, 3.8) is 0 Å². The molecule has 0 saturated heterocycles. The Labute approximate surface area is 144 Å². The lowest BCUT2D eigenvalue weighted by molar-refractivity contribution is 0.00265. The Morgan fingerprint density at radius 1 is 1.16 bits per heavy atom. The summed E-state index contributed by atoms with van der Waals surface area (Å²) in [5, 5.41) is 2.73. The summed E-state index contributed by atoms with van der Waals surface area (Å²) in [5.41, 5.74) is 2.69. The molecule has 2 aromatic carbocycles. The molecule has 1 aromatic heterocycles. The summed E-state index contributed by atoms with van der Waals surface area (Å²) in [6.45, 7) is 0.919. The number of fused-ring (bicyclic) bond motifs is 1. The van der Waals surface area contributed by atoms with Crippen molar-refractivity contribution >= 4 is 11.6 Å². The van der Waals surface area contributed by atoms with Crippen molar-refractivity contribution in [2.45, 2.75) is 19.3 Å². The lowest BCUT2D eigenvalue weighted by Gasteiger charge is -2.25. The van der Waals surface area contributed by atoms with Crippen molar-refractivity contribution in [3.8, 4) is 0 Å². The molecule has 0 unspecified atom stereocenters. The number of ether oxygens (including phenoxy) is 1. The van der Waals surface area contributed by atoms with Gasteiger partial charge in [0.05, 0.1) is 25.2 Å². The van der Waals surface area contributed by atoms with E-state index in [1.165, 1.54) is 24.3 Å². The summed E-state index contributed by atoms with van der Waals surface area (Å²) in [6, 6.07) is 15.6. The number of aromatic nitrogens is 2. The second-order valence-corrected chi connectivity index (χ2v) is 5.86. The Balaban J connectivity index is 1.51. The molecule has 126 valence electrons. The minimum absolute atomic E-state index is 0.0593. The van der Waals surface area contributed by atoms with Crippen molar-refractivity contribution in [3.05, 3.63) is 83.7 Å². The number of hydrogen-bond donors (Lipinski definition) is 1. The van der Waals surface area contributed by atoms with Crippen LogP contribution in [0.5, 0.6) is 0 Å². The largest absolute Gasteiger partial charge is 0.365 e. The van der Waals surface area contributed by atoms with Gasteiger partial charge >= 0.3 is 0 Å². The number of nitrogens with one attached hydrogen (secondary N) is 1. The van der Waals surface area contributed by atoms with Crippen LogP contribution in [-0.4, -0.2) is 15.5 Å². The van der Waals surface area contributed by atoms with Gasteiger partial charge in [-0.3, -0.25) is 4.79 Å². The highest BCUT2D eigenvalue weighted by Gasteiger charge is 2.26. The standard InChI is InChI=1S/C19H16FN3O2/c20-14-6-8-15(9-7-14)22-19(24)18-16-11-25-17(10-23(16)12-21-18)13-4-2-1-3-5-13/h1-9,12,17H,10-11H2,(H,22,24)/t17-/m0/s1. The second-order valence-electron chi connectivity index (χ2n) is 5.86. The van der Waals surface area contributed by atoms with E-state index in [0.717, 1.165) is 11.3 Å². The summed E-state index contributed by atoms with van der Waals surface area (Å²) >= 11 is 0. The number of carbonyl (C=O) groups excluding carboxylic acids is 1. The van der Waals surface area contributed by atoms with Crippen molar-refractivity contribution < 1.29 is 13.9 Å². The van der Waals surface area contributed by atoms with Crippen LogP contribution in [-0.2, 0) is 17.9 Å². The van der Waals surface area contributed by atoms with E-state index in [1.54, 1.807) is 6.33 Å². The van der Waals surface area contributed by atoms with Gasteiger partial charge in [0.2, 0.25) is 0 Å². The molecule has 0 saturated carbocycles. The van der Waals surface area contributed by atoms with Crippen LogP contribution in [0.1, 0.15) is 27.8 Å². The van der Waals surface area contributed by atoms with E-state index in [4.69, 9.17) is 4.74 Å². The van der Waals surface area contributed by atoms with Crippen LogP contribution < -0.4 is 5.32 Å². The zero-order valence-corrected chi connectivity index (χ0v) is 13.4. The van der Waals surface area contributed by atoms with E-state index in [0.29, 0.717) is 24.5 Å². The quantitative estimate of drug-likeness (QED) is 0.795. The number of rotatable bonds is 3. The Morgan fingerprint density at radius 3 is 2.68 bits per heavy atom. The molecule has 25 heavy (non-hydrogen) atoms. The van der Waals surface area contributed by atoms with Gasteiger partial charge in [0, 0.05) is 5.69 Å². The first-order valence-corrected chi connectivity index (χ1v) is 7.98. The predicted octanol–water partition coefficient (Wildman–Crippen LogP) is 3.55. The van der Waals surface area contributed by atoms with Crippen molar-refractivity contribution in [1.82, 2.24) is 9.55 Å². The molecule has 1 aliphatic heterocycles. The highest BCUT2D eigenvalue weighted by atomic mass is 19.1. The van der Waals surface area contributed by atoms with Crippen molar-refractivity contribution in [1.29, 1.82) is 0 Å². The Kier molecular flexibility index (Phi) is 4.03. The molecule has 0 spiro atoms. The van der Waals surface area contributed by atoms with E-state index < -0.39 is 0 Å². The van der Waals surface area contributed by atoms with E-state index >= 15 is 0 Å². The van der Waals surface area contributed by atoms with Gasteiger partial charge in [0.15, 0.2) is 5.69 Å². The molecule has 4 rings (SSSR count). The molecule has 0 fully saturated rings. The third-order valence-corrected chi connectivity index (χ3v) is 4.22. The highest BCUT2D eigenvalue weighted by Crippen LogP contribution is 2.27. The van der Waals surface area contributed by atoms with Gasteiger partial charge in [-0.15, -0.1) is 0 Å². The molecule has 2 heterocycles. The topological polar surface area (TPSA) is 56.2 Å². The van der Waals surface area contributed by atoms with Crippen LogP contribution in [0.4, 0.5) is 10.1 Å². The van der Waals surface area contributed by atoms with Gasteiger partial charge in [-0.1, -0.05) is 30.3 Å². The first-order chi connectivity index (χ1) is 12.2. The summed E-state index contributed by atoms with van der Waals surface area (Å²) in [7, 11) is 0. The average Bonchev–Trinajstić information content (AvgIpc) is 3.07. The predicted molar refractivity (Wildman–Crippen MR) is 90.6 cm³/mol. The molecular weight excluding hydrogens is 321 g/mol. The minimum atomic E-state index is -0.349. The zero-order chi connectivity index (χ0) is 17.2. The summed E-state index contributed by atoms with van der Waals surface area (Å²) in [4.78, 5) is 16.7. The van der Waals surface area contributed by atoms with Gasteiger partial charge in [-0.05, 0) is 29.8 Å². The summed E-state index contributed by atoms with van der Waals surface area (Å²) in [6.07, 6.45) is 1.60. The smallest absolute Gasteiger partial charge is 0.276 e. The molecule has 6 heteroatoms. The molecule has 5 nitrogen and oxygen atoms in total. The fraction of sp³-hybridized carbons (Fsp3) is 0.158. The van der Waals surface area contributed by atoms with Crippen LogP contribution in [0.25, 0.3) is 0 Å². The number of halogens is 1. The maximum absolute atomic E-state index is 13.0. The molecular formula is C19H16FN3O2. The third-order valence-electron chi connectivity index (χ3n) is 4.22. The monoisotopic (exact) mass is 337 g/mol. The zero-order valence-electron chi connectivity index (χ0n) is 13.4. The van der Waals surface area contributed by atoms with Crippen LogP contribution in [0, 0.1) is 5.82 Å². The Bertz CT molecular complexity index is 891. The number of imidazole rings is 1. The maximum atomic E-state index is 13.0. The number of anilines is 1. The molecule has 1 amide bonds. The number of benzene rings is 2. The normalized spacial score (nSPS) is 16.3. The fourth-order valence-electron chi connectivity index (χ4n) is 2.91. The van der Waals surface area contributed by atoms with Gasteiger partial charge in [0.25, 0.3) is 5.91 Å². The Morgan fingerprint density at radius 2 is 1.92 bits per heavy atom. The number of hydrogen-bond acceptors (Lipinski definition) is 3. The van der Waals surface area contributed by atoms with E-state index in [-0.39, 0.29) is 17.8 Å². The average molecular weight is 337 g/mol. The van der Waals surface area contributed by atoms with Crippen molar-refractivity contribution in [2.24, 2.45) is 0 Å². The summed E-state index contributed by atoms with van der Waals surface area (Å²) < 4.78 is 20.8. The lowest BCUT2D eigenvalue weighted by Crippen LogP contribution is -2.23. The van der Waals surface area contributed by atoms with Gasteiger partial charge in [0.1, 0.15) is 11.9 Å². The Hall–Kier alpha value is -2.99. The first-order valence-electron chi connectivity index (χ1n) is 7.98. The minimum Gasteiger partial charge on any atom is -0.365 e. The van der Waals surface area contributed by atoms with E-state index in [1.807, 2.05) is 34.9 Å². The third kappa shape index (κ3) is 3.16. The molecule has 1 atom stereocenters. The molecule has 3 aromatic rings. The summed E-state index contributed by atoms with van der Waals surface area (Å²) in [5.74, 6) is -0.681. The number of amides is 1. The molecule has 1 aliphatic rings. The first kappa shape index (κ1) is 15.5. The SMILES string of the molecule is O=C(Nc1ccc(F)cc1)c1ncn2c1CO[C@H](c1ccccc1)C2. The molecule has 0 aliphatic carbocycles. The second kappa shape index (κ2) is 6.49. The number of nitrogens with zero attached hydrogens (tertiary/aromatic N) is 2. The maximum Gasteiger partial charge on any atom is 0.276 e. The van der Waals surface area contributed by atoms with Crippen LogP contribution in [0.3, 0.4) is 0 Å². The fourth-order valence-corrected chi connectivity index (χ4v) is 2.91. The van der Waals surface area contributed by atoms with Crippen LogP contribution in [0.2, 0.25) is 0 Å². The number of carbonyl (C=O) groups is 1. The van der Waals surface area contributed by atoms with Crippen LogP contribution >= 0.6 is 0 Å². The van der Waals surface area contributed by atoms with Gasteiger partial charge < -0.3 is 14.6 Å². The van der Waals surface area contributed by atoms with E-state index in [9.17, 15) is 9.18 Å². The van der Waals surface area contributed by atoms with Gasteiger partial charge in [-0.25, -0.2) is 9.37 Å². The van der Waals surface area contributed by atoms with Crippen molar-refractivity contribution in [2.75, 3.05) is 5.32 Å². The van der Waals surface area contributed by atoms with E-state index in [2.05, 4.69) is 10.3 Å². The molecule has 0 radical (unpaired) electrons. The highest BCUT2D eigenvalue weighted by molar-refractivity contribution is 6.03. The van der Waals surface area contributed by atoms with Crippen LogP contribution in [0.15, 0.2) is 60.9 Å². The lowest BCUT2D eigenvalue weighted by atomic mass is 10.1.